The molecule has 0 saturated carbocycles. The van der Waals surface area contributed by atoms with E-state index in [0.717, 1.165) is 11.3 Å². The number of anilines is 1. The molecule has 0 bridgehead atoms. The van der Waals surface area contributed by atoms with Gasteiger partial charge in [0.2, 0.25) is 5.91 Å². The lowest BCUT2D eigenvalue weighted by Gasteiger charge is -2.24. The maximum atomic E-state index is 12.3. The smallest absolute Gasteiger partial charge is 0.242 e. The highest BCUT2D eigenvalue weighted by molar-refractivity contribution is 6.30. The molecule has 6 heteroatoms. The number of aromatic nitrogens is 1. The van der Waals surface area contributed by atoms with Gasteiger partial charge in [-0.2, -0.15) is 0 Å². The number of rotatable bonds is 6. The fraction of sp³-hybridized carbons (Fsp3) is 0.294. The predicted molar refractivity (Wildman–Crippen MR) is 91.8 cm³/mol. The average Bonchev–Trinajstić information content (AvgIpc) is 2.56. The van der Waals surface area contributed by atoms with Crippen molar-refractivity contribution in [2.24, 2.45) is 0 Å². The predicted octanol–water partition coefficient (Wildman–Crippen LogP) is 3.20. The first kappa shape index (κ1) is 17.2. The highest BCUT2D eigenvalue weighted by atomic mass is 35.5. The van der Waals surface area contributed by atoms with E-state index in [1.165, 1.54) is 6.20 Å². The molecule has 0 aliphatic rings. The summed E-state index contributed by atoms with van der Waals surface area (Å²) in [5.41, 5.74) is 1.08. The quantitative estimate of drug-likeness (QED) is 0.882. The zero-order chi connectivity index (χ0) is 16.8. The number of methoxy groups -OCH3 is 1. The van der Waals surface area contributed by atoms with Gasteiger partial charge in [0.1, 0.15) is 11.6 Å². The summed E-state index contributed by atoms with van der Waals surface area (Å²) in [6.45, 7) is 2.49. The van der Waals surface area contributed by atoms with Gasteiger partial charge >= 0.3 is 0 Å². The first-order valence-corrected chi connectivity index (χ1v) is 7.63. The van der Waals surface area contributed by atoms with E-state index in [-0.39, 0.29) is 11.9 Å². The topological polar surface area (TPSA) is 54.5 Å². The van der Waals surface area contributed by atoms with Gasteiger partial charge in [-0.15, -0.1) is 0 Å². The largest absolute Gasteiger partial charge is 0.497 e. The van der Waals surface area contributed by atoms with Crippen molar-refractivity contribution in [1.29, 1.82) is 0 Å². The molecule has 0 aliphatic carbocycles. The molecule has 0 saturated heterocycles. The Bertz CT molecular complexity index is 661. The Morgan fingerprint density at radius 1 is 1.39 bits per heavy atom. The van der Waals surface area contributed by atoms with Crippen molar-refractivity contribution in [2.75, 3.05) is 19.5 Å². The van der Waals surface area contributed by atoms with Crippen molar-refractivity contribution in [3.63, 3.8) is 0 Å². The van der Waals surface area contributed by atoms with Crippen LogP contribution in [-0.4, -0.2) is 36.0 Å². The lowest BCUT2D eigenvalue weighted by atomic mass is 10.1. The van der Waals surface area contributed by atoms with Gasteiger partial charge in [0.15, 0.2) is 0 Å². The average molecular weight is 334 g/mol. The van der Waals surface area contributed by atoms with Gasteiger partial charge in [-0.3, -0.25) is 9.69 Å². The summed E-state index contributed by atoms with van der Waals surface area (Å²) in [6, 6.07) is 10.9. The number of carbonyl (C=O) groups excluding carboxylic acids is 1. The number of carbonyl (C=O) groups is 1. The third-order valence-corrected chi connectivity index (χ3v) is 3.81. The van der Waals surface area contributed by atoms with E-state index in [0.29, 0.717) is 17.4 Å². The van der Waals surface area contributed by atoms with Crippen LogP contribution in [0.15, 0.2) is 42.6 Å². The van der Waals surface area contributed by atoms with Crippen LogP contribution >= 0.6 is 11.6 Å². The number of nitrogens with zero attached hydrogens (tertiary/aromatic N) is 2. The fourth-order valence-electron chi connectivity index (χ4n) is 2.08. The number of likely N-dealkylation sites (N-methyl/N-ethyl adjacent to an activating group) is 1. The van der Waals surface area contributed by atoms with Crippen LogP contribution in [-0.2, 0) is 11.3 Å². The van der Waals surface area contributed by atoms with Crippen LogP contribution in [0.4, 0.5) is 5.82 Å². The molecule has 1 amide bonds. The zero-order valence-electron chi connectivity index (χ0n) is 13.4. The van der Waals surface area contributed by atoms with Gasteiger partial charge < -0.3 is 10.1 Å². The lowest BCUT2D eigenvalue weighted by Crippen LogP contribution is -2.39. The Hall–Kier alpha value is -2.11. The minimum Gasteiger partial charge on any atom is -0.497 e. The molecule has 1 unspecified atom stereocenters. The van der Waals surface area contributed by atoms with Gasteiger partial charge in [-0.1, -0.05) is 23.7 Å². The van der Waals surface area contributed by atoms with Crippen LogP contribution in [0, 0.1) is 0 Å². The molecule has 1 N–H and O–H groups in total. The molecule has 1 atom stereocenters. The molecule has 1 heterocycles. The van der Waals surface area contributed by atoms with E-state index >= 15 is 0 Å². The van der Waals surface area contributed by atoms with Gasteiger partial charge in [0, 0.05) is 12.7 Å². The minimum absolute atomic E-state index is 0.120. The number of hydrogen-bond donors (Lipinski definition) is 1. The lowest BCUT2D eigenvalue weighted by molar-refractivity contribution is -0.120. The molecule has 1 aromatic carbocycles. The van der Waals surface area contributed by atoms with Crippen LogP contribution in [0.25, 0.3) is 0 Å². The van der Waals surface area contributed by atoms with Crippen molar-refractivity contribution in [2.45, 2.75) is 19.5 Å². The van der Waals surface area contributed by atoms with Crippen molar-refractivity contribution in [3.8, 4) is 5.75 Å². The van der Waals surface area contributed by atoms with Crippen molar-refractivity contribution >= 4 is 23.3 Å². The fourth-order valence-corrected chi connectivity index (χ4v) is 2.19. The number of halogens is 1. The number of benzene rings is 1. The van der Waals surface area contributed by atoms with Gasteiger partial charge in [-0.05, 0) is 43.8 Å². The standard InChI is InChI=1S/C17H20ClN3O2/c1-12(17(22)20-16-8-7-14(18)10-19-16)21(2)11-13-5-4-6-15(9-13)23-3/h4-10,12H,11H2,1-3H3,(H,19,20,22). The highest BCUT2D eigenvalue weighted by Crippen LogP contribution is 2.15. The second-order valence-corrected chi connectivity index (χ2v) is 5.73. The molecule has 2 rings (SSSR count). The molecule has 1 aromatic heterocycles. The summed E-state index contributed by atoms with van der Waals surface area (Å²) < 4.78 is 5.22. The molecule has 23 heavy (non-hydrogen) atoms. The molecular formula is C17H20ClN3O2. The van der Waals surface area contributed by atoms with Gasteiger partial charge in [0.05, 0.1) is 18.2 Å². The second kappa shape index (κ2) is 7.94. The Balaban J connectivity index is 1.96. The second-order valence-electron chi connectivity index (χ2n) is 5.29. The summed E-state index contributed by atoms with van der Waals surface area (Å²) in [5, 5.41) is 3.32. The molecule has 0 aliphatic heterocycles. The summed E-state index contributed by atoms with van der Waals surface area (Å²) in [4.78, 5) is 18.3. The van der Waals surface area contributed by atoms with Crippen LogP contribution < -0.4 is 10.1 Å². The number of amides is 1. The van der Waals surface area contributed by atoms with E-state index < -0.39 is 0 Å². The maximum absolute atomic E-state index is 12.3. The van der Waals surface area contributed by atoms with E-state index in [1.54, 1.807) is 19.2 Å². The first-order valence-electron chi connectivity index (χ1n) is 7.25. The summed E-state index contributed by atoms with van der Waals surface area (Å²) in [7, 11) is 3.54. The maximum Gasteiger partial charge on any atom is 0.242 e. The van der Waals surface area contributed by atoms with Crippen LogP contribution in [0.5, 0.6) is 5.75 Å². The molecule has 0 radical (unpaired) electrons. The molecule has 122 valence electrons. The normalized spacial score (nSPS) is 12.0. The van der Waals surface area contributed by atoms with E-state index in [2.05, 4.69) is 10.3 Å². The molecule has 0 spiro atoms. The van der Waals surface area contributed by atoms with E-state index in [9.17, 15) is 4.79 Å². The monoisotopic (exact) mass is 333 g/mol. The van der Waals surface area contributed by atoms with Crippen LogP contribution in [0.2, 0.25) is 5.02 Å². The summed E-state index contributed by atoms with van der Waals surface area (Å²) >= 11 is 5.78. The molecule has 2 aromatic rings. The van der Waals surface area contributed by atoms with Crippen LogP contribution in [0.1, 0.15) is 12.5 Å². The SMILES string of the molecule is COc1cccc(CN(C)C(C)C(=O)Nc2ccc(Cl)cn2)c1. The van der Waals surface area contributed by atoms with Crippen LogP contribution in [0.3, 0.4) is 0 Å². The van der Waals surface area contributed by atoms with Crippen molar-refractivity contribution in [1.82, 2.24) is 9.88 Å². The third kappa shape index (κ3) is 4.94. The Labute approximate surface area is 141 Å². The molecule has 5 nitrogen and oxygen atoms in total. The van der Waals surface area contributed by atoms with Gasteiger partial charge in [0.25, 0.3) is 0 Å². The van der Waals surface area contributed by atoms with E-state index in [1.807, 2.05) is 43.1 Å². The molecular weight excluding hydrogens is 314 g/mol. The number of pyridine rings is 1. The Morgan fingerprint density at radius 2 is 2.17 bits per heavy atom. The first-order chi connectivity index (χ1) is 11.0. The molecule has 0 fully saturated rings. The summed E-state index contributed by atoms with van der Waals surface area (Å²) in [5.74, 6) is 1.17. The number of hydrogen-bond acceptors (Lipinski definition) is 4. The number of nitrogens with one attached hydrogen (secondary N) is 1. The Morgan fingerprint density at radius 3 is 2.83 bits per heavy atom. The van der Waals surface area contributed by atoms with Crippen molar-refractivity contribution in [3.05, 3.63) is 53.2 Å². The van der Waals surface area contributed by atoms with Gasteiger partial charge in [-0.25, -0.2) is 4.98 Å². The summed E-state index contributed by atoms with van der Waals surface area (Å²) in [6.07, 6.45) is 1.50. The number of ether oxygens (including phenoxy) is 1. The third-order valence-electron chi connectivity index (χ3n) is 3.59. The highest BCUT2D eigenvalue weighted by Gasteiger charge is 2.18. The van der Waals surface area contributed by atoms with Crippen molar-refractivity contribution < 1.29 is 9.53 Å². The Kier molecular flexibility index (Phi) is 5.96. The zero-order valence-corrected chi connectivity index (χ0v) is 14.2. The minimum atomic E-state index is -0.307. The van der Waals surface area contributed by atoms with E-state index in [4.69, 9.17) is 16.3 Å².